The molecule has 0 bridgehead atoms. The summed E-state index contributed by atoms with van der Waals surface area (Å²) in [6.45, 7) is 11.6. The van der Waals surface area contributed by atoms with E-state index in [9.17, 15) is 14.4 Å². The van der Waals surface area contributed by atoms with E-state index in [1.807, 2.05) is 39.0 Å². The van der Waals surface area contributed by atoms with E-state index in [0.717, 1.165) is 42.4 Å². The molecule has 0 heterocycles. The molecule has 0 aliphatic heterocycles. The Morgan fingerprint density at radius 2 is 1.80 bits per heavy atom. The number of benzene rings is 1. The lowest BCUT2D eigenvalue weighted by molar-refractivity contribution is -0.142. The summed E-state index contributed by atoms with van der Waals surface area (Å²) >= 11 is 4.34. The van der Waals surface area contributed by atoms with Gasteiger partial charge in [0.2, 0.25) is 11.8 Å². The van der Waals surface area contributed by atoms with Gasteiger partial charge < -0.3 is 20.3 Å². The number of thiol groups is 1. The first-order valence-corrected chi connectivity index (χ1v) is 13.4. The average molecular weight is 506 g/mol. The molecule has 2 rings (SSSR count). The molecule has 35 heavy (non-hydrogen) atoms. The van der Waals surface area contributed by atoms with Crippen molar-refractivity contribution in [2.24, 2.45) is 0 Å². The molecule has 1 aliphatic carbocycles. The second kappa shape index (κ2) is 13.2. The fourth-order valence-electron chi connectivity index (χ4n) is 4.48. The number of aryl methyl sites for hydroxylation is 2. The Hall–Kier alpha value is -2.22. The number of carbonyl (C=O) groups excluding carboxylic acids is 3. The van der Waals surface area contributed by atoms with Crippen molar-refractivity contribution in [1.82, 2.24) is 15.5 Å². The van der Waals surface area contributed by atoms with Crippen LogP contribution in [0.1, 0.15) is 89.0 Å². The number of rotatable bonds is 9. The zero-order valence-electron chi connectivity index (χ0n) is 22.1. The van der Waals surface area contributed by atoms with E-state index in [-0.39, 0.29) is 23.6 Å². The Balaban J connectivity index is 2.41. The lowest BCUT2D eigenvalue weighted by atomic mass is 9.93. The third-order valence-electron chi connectivity index (χ3n) is 6.16. The van der Waals surface area contributed by atoms with Gasteiger partial charge in [-0.25, -0.2) is 4.79 Å². The van der Waals surface area contributed by atoms with Crippen LogP contribution in [0.15, 0.2) is 18.2 Å². The van der Waals surface area contributed by atoms with Gasteiger partial charge in [-0.3, -0.25) is 9.59 Å². The van der Waals surface area contributed by atoms with E-state index in [1.54, 1.807) is 25.7 Å². The lowest BCUT2D eigenvalue weighted by Gasteiger charge is -2.36. The zero-order valence-corrected chi connectivity index (χ0v) is 23.0. The van der Waals surface area contributed by atoms with Crippen LogP contribution in [0.4, 0.5) is 4.79 Å². The summed E-state index contributed by atoms with van der Waals surface area (Å²) in [5.74, 6) is -0.442. The number of hydrogen-bond acceptors (Lipinski definition) is 5. The number of nitrogens with one attached hydrogen (secondary N) is 2. The van der Waals surface area contributed by atoms with Crippen LogP contribution in [0, 0.1) is 13.8 Å². The molecule has 0 spiro atoms. The molecule has 2 N–H and O–H groups in total. The van der Waals surface area contributed by atoms with Crippen LogP contribution in [0.5, 0.6) is 0 Å². The van der Waals surface area contributed by atoms with Gasteiger partial charge in [0.25, 0.3) is 0 Å². The van der Waals surface area contributed by atoms with Crippen molar-refractivity contribution in [3.63, 3.8) is 0 Å². The van der Waals surface area contributed by atoms with Gasteiger partial charge in [0.05, 0.1) is 0 Å². The molecule has 0 aromatic heterocycles. The maximum absolute atomic E-state index is 13.8. The van der Waals surface area contributed by atoms with Crippen molar-refractivity contribution in [2.75, 3.05) is 12.3 Å². The Morgan fingerprint density at radius 1 is 1.14 bits per heavy atom. The second-order valence-electron chi connectivity index (χ2n) is 10.5. The van der Waals surface area contributed by atoms with Gasteiger partial charge in [0, 0.05) is 18.3 Å². The number of ether oxygens (including phenoxy) is 1. The lowest BCUT2D eigenvalue weighted by Crippen LogP contribution is -2.54. The van der Waals surface area contributed by atoms with Crippen LogP contribution in [0.3, 0.4) is 0 Å². The molecule has 1 aromatic carbocycles. The van der Waals surface area contributed by atoms with Gasteiger partial charge in [-0.1, -0.05) is 49.9 Å². The quantitative estimate of drug-likeness (QED) is 0.419. The van der Waals surface area contributed by atoms with Crippen LogP contribution in [0.2, 0.25) is 0 Å². The molecular formula is C27H43N3O4S. The first kappa shape index (κ1) is 29.0. The molecule has 2 unspecified atom stereocenters. The van der Waals surface area contributed by atoms with E-state index >= 15 is 0 Å². The molecule has 8 heteroatoms. The normalized spacial score (nSPS) is 16.2. The molecule has 7 nitrogen and oxygen atoms in total. The summed E-state index contributed by atoms with van der Waals surface area (Å²) in [4.78, 5) is 41.6. The first-order valence-electron chi connectivity index (χ1n) is 12.7. The van der Waals surface area contributed by atoms with Gasteiger partial charge in [-0.15, -0.1) is 0 Å². The van der Waals surface area contributed by atoms with Gasteiger partial charge in [0.1, 0.15) is 17.7 Å². The van der Waals surface area contributed by atoms with E-state index in [2.05, 4.69) is 23.3 Å². The minimum absolute atomic E-state index is 0.0854. The maximum atomic E-state index is 13.8. The molecule has 2 atom stereocenters. The molecule has 3 amide bonds. The number of nitrogens with zero attached hydrogens (tertiary/aromatic N) is 1. The van der Waals surface area contributed by atoms with Crippen LogP contribution >= 0.6 is 12.6 Å². The van der Waals surface area contributed by atoms with Crippen molar-refractivity contribution in [3.05, 3.63) is 34.9 Å². The molecule has 1 aromatic rings. The van der Waals surface area contributed by atoms with Crippen LogP contribution in [0.25, 0.3) is 0 Å². The number of alkyl carbamates (subject to hydrolysis) is 1. The van der Waals surface area contributed by atoms with Gasteiger partial charge in [-0.05, 0) is 65.0 Å². The van der Waals surface area contributed by atoms with Crippen molar-refractivity contribution in [3.8, 4) is 0 Å². The van der Waals surface area contributed by atoms with E-state index in [0.29, 0.717) is 13.0 Å². The fourth-order valence-corrected chi connectivity index (χ4v) is 4.72. The molecule has 0 saturated heterocycles. The predicted octanol–water partition coefficient (Wildman–Crippen LogP) is 4.86. The highest BCUT2D eigenvalue weighted by molar-refractivity contribution is 7.80. The van der Waals surface area contributed by atoms with Crippen molar-refractivity contribution in [2.45, 2.75) is 104 Å². The Labute approximate surface area is 216 Å². The Morgan fingerprint density at radius 3 is 2.37 bits per heavy atom. The second-order valence-corrected chi connectivity index (χ2v) is 10.9. The largest absolute Gasteiger partial charge is 0.444 e. The SMILES string of the molecule is CCCN(C(=O)C(CS)NC(=O)OC(C)(C)C)C(C(=O)NC1CCCCC1)c1cc(C)ccc1C. The molecule has 1 aliphatic rings. The van der Waals surface area contributed by atoms with Crippen molar-refractivity contribution >= 4 is 30.5 Å². The van der Waals surface area contributed by atoms with E-state index in [1.165, 1.54) is 6.42 Å². The number of amides is 3. The molecule has 1 fully saturated rings. The highest BCUT2D eigenvalue weighted by Gasteiger charge is 2.37. The van der Waals surface area contributed by atoms with Gasteiger partial charge >= 0.3 is 6.09 Å². The topological polar surface area (TPSA) is 87.7 Å². The fraction of sp³-hybridized carbons (Fsp3) is 0.667. The van der Waals surface area contributed by atoms with Gasteiger partial charge in [0.15, 0.2) is 0 Å². The Kier molecular flexibility index (Phi) is 10.9. The summed E-state index contributed by atoms with van der Waals surface area (Å²) in [6.07, 6.45) is 5.26. The number of carbonyl (C=O) groups is 3. The van der Waals surface area contributed by atoms with Crippen molar-refractivity contribution in [1.29, 1.82) is 0 Å². The summed E-state index contributed by atoms with van der Waals surface area (Å²) in [6, 6.07) is 4.36. The minimum Gasteiger partial charge on any atom is -0.444 e. The first-order chi connectivity index (χ1) is 16.5. The van der Waals surface area contributed by atoms with Crippen LogP contribution < -0.4 is 10.6 Å². The summed E-state index contributed by atoms with van der Waals surface area (Å²) in [5, 5.41) is 5.88. The minimum atomic E-state index is -0.921. The summed E-state index contributed by atoms with van der Waals surface area (Å²) in [7, 11) is 0. The molecule has 0 radical (unpaired) electrons. The van der Waals surface area contributed by atoms with Crippen LogP contribution in [-0.2, 0) is 14.3 Å². The third kappa shape index (κ3) is 8.74. The molecular weight excluding hydrogens is 462 g/mol. The van der Waals surface area contributed by atoms with Crippen LogP contribution in [-0.4, -0.2) is 52.8 Å². The Bertz CT molecular complexity index is 878. The summed E-state index contributed by atoms with van der Waals surface area (Å²) < 4.78 is 5.35. The van der Waals surface area contributed by atoms with E-state index < -0.39 is 23.8 Å². The highest BCUT2D eigenvalue weighted by atomic mass is 32.1. The number of hydrogen-bond donors (Lipinski definition) is 3. The highest BCUT2D eigenvalue weighted by Crippen LogP contribution is 2.28. The predicted molar refractivity (Wildman–Crippen MR) is 143 cm³/mol. The standard InChI is InChI=1S/C27H43N3O4S/c1-7-15-30(25(32)22(17-35)29-26(33)34-27(4,5)6)23(21-16-18(2)13-14-19(21)3)24(31)28-20-11-9-8-10-12-20/h13-14,16,20,22-23,35H,7-12,15,17H2,1-6H3,(H,28,31)(H,29,33). The smallest absolute Gasteiger partial charge is 0.408 e. The molecule has 196 valence electrons. The van der Waals surface area contributed by atoms with Crippen molar-refractivity contribution < 1.29 is 19.1 Å². The monoisotopic (exact) mass is 505 g/mol. The summed E-state index contributed by atoms with van der Waals surface area (Å²) in [5.41, 5.74) is 2.06. The zero-order chi connectivity index (χ0) is 26.2. The third-order valence-corrected chi connectivity index (χ3v) is 6.53. The average Bonchev–Trinajstić information content (AvgIpc) is 2.78. The van der Waals surface area contributed by atoms with Gasteiger partial charge in [-0.2, -0.15) is 12.6 Å². The van der Waals surface area contributed by atoms with E-state index in [4.69, 9.17) is 4.74 Å². The molecule has 1 saturated carbocycles. The maximum Gasteiger partial charge on any atom is 0.408 e.